The molecule has 0 atom stereocenters. The number of nitrogens with zero attached hydrogens (tertiary/aromatic N) is 2. The average molecular weight is 230 g/mol. The minimum absolute atomic E-state index is 0.870. The minimum Gasteiger partial charge on any atom is -0.497 e. The minimum atomic E-state index is 0.870. The molecule has 0 aliphatic heterocycles. The summed E-state index contributed by atoms with van der Waals surface area (Å²) in [5.74, 6) is 1.91. The van der Waals surface area contributed by atoms with Gasteiger partial charge < -0.3 is 9.64 Å². The van der Waals surface area contributed by atoms with Crippen molar-refractivity contribution in [2.75, 3.05) is 25.1 Å². The van der Waals surface area contributed by atoms with Gasteiger partial charge in [0.2, 0.25) is 0 Å². The van der Waals surface area contributed by atoms with Gasteiger partial charge in [0, 0.05) is 18.5 Å². The fraction of sp³-hybridized carbons (Fsp3) is 0.357. The van der Waals surface area contributed by atoms with Crippen LogP contribution in [0.3, 0.4) is 0 Å². The van der Waals surface area contributed by atoms with Crippen LogP contribution >= 0.6 is 0 Å². The summed E-state index contributed by atoms with van der Waals surface area (Å²) in [4.78, 5) is 6.90. The standard InChI is InChI=1S/C14H18N2O/c1-4-16(5-2)14-9-6-11-10-12(17-3)7-8-13(11)15-14/h6-10H,4-5H2,1-3H3. The molecule has 2 rings (SSSR count). The van der Waals surface area contributed by atoms with Crippen LogP contribution in [0.5, 0.6) is 5.75 Å². The van der Waals surface area contributed by atoms with Gasteiger partial charge in [0.15, 0.2) is 0 Å². The van der Waals surface area contributed by atoms with Crippen molar-refractivity contribution in [3.8, 4) is 5.75 Å². The van der Waals surface area contributed by atoms with E-state index < -0.39 is 0 Å². The van der Waals surface area contributed by atoms with E-state index in [1.807, 2.05) is 18.2 Å². The zero-order chi connectivity index (χ0) is 12.3. The molecule has 90 valence electrons. The van der Waals surface area contributed by atoms with Gasteiger partial charge in [0.1, 0.15) is 11.6 Å². The van der Waals surface area contributed by atoms with Crippen LogP contribution in [0.25, 0.3) is 10.9 Å². The monoisotopic (exact) mass is 230 g/mol. The molecule has 0 bridgehead atoms. The van der Waals surface area contributed by atoms with Gasteiger partial charge in [-0.3, -0.25) is 0 Å². The maximum atomic E-state index is 5.20. The summed E-state index contributed by atoms with van der Waals surface area (Å²) in [7, 11) is 1.68. The van der Waals surface area contributed by atoms with Crippen molar-refractivity contribution in [2.45, 2.75) is 13.8 Å². The van der Waals surface area contributed by atoms with Crippen LogP contribution in [0.2, 0.25) is 0 Å². The first-order chi connectivity index (χ1) is 8.28. The molecule has 3 heteroatoms. The molecular formula is C14H18N2O. The summed E-state index contributed by atoms with van der Waals surface area (Å²) in [6.07, 6.45) is 0. The van der Waals surface area contributed by atoms with E-state index in [2.05, 4.69) is 35.9 Å². The molecule has 0 saturated carbocycles. The first-order valence-electron chi connectivity index (χ1n) is 5.98. The van der Waals surface area contributed by atoms with Gasteiger partial charge >= 0.3 is 0 Å². The summed E-state index contributed by atoms with van der Waals surface area (Å²) in [6.45, 7) is 6.24. The van der Waals surface area contributed by atoms with Crippen LogP contribution in [0.4, 0.5) is 5.82 Å². The quantitative estimate of drug-likeness (QED) is 0.807. The van der Waals surface area contributed by atoms with Crippen molar-refractivity contribution >= 4 is 16.7 Å². The molecule has 0 fully saturated rings. The van der Waals surface area contributed by atoms with E-state index in [1.54, 1.807) is 7.11 Å². The number of pyridine rings is 1. The van der Waals surface area contributed by atoms with Crippen molar-refractivity contribution in [1.29, 1.82) is 0 Å². The van der Waals surface area contributed by atoms with E-state index in [0.717, 1.165) is 35.6 Å². The topological polar surface area (TPSA) is 25.4 Å². The number of benzene rings is 1. The average Bonchev–Trinajstić information content (AvgIpc) is 2.39. The zero-order valence-electron chi connectivity index (χ0n) is 10.6. The lowest BCUT2D eigenvalue weighted by atomic mass is 10.2. The number of ether oxygens (including phenoxy) is 1. The third-order valence-corrected chi connectivity index (χ3v) is 2.97. The Morgan fingerprint density at radius 1 is 1.12 bits per heavy atom. The van der Waals surface area contributed by atoms with Crippen LogP contribution in [-0.4, -0.2) is 25.2 Å². The maximum absolute atomic E-state index is 5.20. The third-order valence-electron chi connectivity index (χ3n) is 2.97. The molecule has 0 aliphatic rings. The Morgan fingerprint density at radius 2 is 1.88 bits per heavy atom. The Kier molecular flexibility index (Phi) is 3.47. The molecule has 0 radical (unpaired) electrons. The SMILES string of the molecule is CCN(CC)c1ccc2cc(OC)ccc2n1. The summed E-state index contributed by atoms with van der Waals surface area (Å²) in [5.41, 5.74) is 1.01. The van der Waals surface area contributed by atoms with Crippen LogP contribution in [0, 0.1) is 0 Å². The number of fused-ring (bicyclic) bond motifs is 1. The van der Waals surface area contributed by atoms with Gasteiger partial charge in [-0.1, -0.05) is 0 Å². The second kappa shape index (κ2) is 5.04. The number of hydrogen-bond acceptors (Lipinski definition) is 3. The van der Waals surface area contributed by atoms with Crippen molar-refractivity contribution in [3.63, 3.8) is 0 Å². The molecule has 0 spiro atoms. The molecule has 1 aromatic carbocycles. The highest BCUT2D eigenvalue weighted by Gasteiger charge is 2.04. The van der Waals surface area contributed by atoms with Gasteiger partial charge in [-0.2, -0.15) is 0 Å². The molecule has 1 heterocycles. The third kappa shape index (κ3) is 2.33. The molecule has 0 amide bonds. The van der Waals surface area contributed by atoms with Crippen LogP contribution in [0.15, 0.2) is 30.3 Å². The first-order valence-corrected chi connectivity index (χ1v) is 5.98. The lowest BCUT2D eigenvalue weighted by molar-refractivity contribution is 0.415. The molecular weight excluding hydrogens is 212 g/mol. The Labute approximate surface area is 102 Å². The number of methoxy groups -OCH3 is 1. The number of rotatable bonds is 4. The molecule has 17 heavy (non-hydrogen) atoms. The lowest BCUT2D eigenvalue weighted by Gasteiger charge is -2.19. The molecule has 0 unspecified atom stereocenters. The molecule has 1 aromatic heterocycles. The summed E-state index contributed by atoms with van der Waals surface area (Å²) < 4.78 is 5.20. The van der Waals surface area contributed by atoms with Crippen LogP contribution < -0.4 is 9.64 Å². The van der Waals surface area contributed by atoms with Gasteiger partial charge in [-0.25, -0.2) is 4.98 Å². The highest BCUT2D eigenvalue weighted by molar-refractivity contribution is 5.81. The lowest BCUT2D eigenvalue weighted by Crippen LogP contribution is -2.22. The van der Waals surface area contributed by atoms with Gasteiger partial charge in [0.05, 0.1) is 12.6 Å². The van der Waals surface area contributed by atoms with Crippen molar-refractivity contribution in [2.24, 2.45) is 0 Å². The first kappa shape index (κ1) is 11.7. The zero-order valence-corrected chi connectivity index (χ0v) is 10.6. The van der Waals surface area contributed by atoms with Crippen LogP contribution in [0.1, 0.15) is 13.8 Å². The molecule has 3 nitrogen and oxygen atoms in total. The predicted molar refractivity (Wildman–Crippen MR) is 71.9 cm³/mol. The summed E-state index contributed by atoms with van der Waals surface area (Å²) in [6, 6.07) is 10.1. The summed E-state index contributed by atoms with van der Waals surface area (Å²) in [5, 5.41) is 1.11. The fourth-order valence-corrected chi connectivity index (χ4v) is 1.94. The number of hydrogen-bond donors (Lipinski definition) is 0. The normalized spacial score (nSPS) is 10.5. The Balaban J connectivity index is 2.44. The predicted octanol–water partition coefficient (Wildman–Crippen LogP) is 3.09. The van der Waals surface area contributed by atoms with Crippen molar-refractivity contribution in [1.82, 2.24) is 4.98 Å². The van der Waals surface area contributed by atoms with E-state index in [-0.39, 0.29) is 0 Å². The van der Waals surface area contributed by atoms with E-state index in [1.165, 1.54) is 0 Å². The molecule has 0 saturated heterocycles. The Bertz CT molecular complexity index is 507. The van der Waals surface area contributed by atoms with Gasteiger partial charge in [-0.15, -0.1) is 0 Å². The summed E-state index contributed by atoms with van der Waals surface area (Å²) >= 11 is 0. The number of anilines is 1. The van der Waals surface area contributed by atoms with E-state index in [9.17, 15) is 0 Å². The fourth-order valence-electron chi connectivity index (χ4n) is 1.94. The van der Waals surface area contributed by atoms with Crippen molar-refractivity contribution in [3.05, 3.63) is 30.3 Å². The highest BCUT2D eigenvalue weighted by Crippen LogP contribution is 2.22. The maximum Gasteiger partial charge on any atom is 0.129 e. The van der Waals surface area contributed by atoms with Gasteiger partial charge in [-0.05, 0) is 44.2 Å². The van der Waals surface area contributed by atoms with E-state index in [4.69, 9.17) is 4.74 Å². The highest BCUT2D eigenvalue weighted by atomic mass is 16.5. The molecule has 2 aromatic rings. The van der Waals surface area contributed by atoms with Gasteiger partial charge in [0.25, 0.3) is 0 Å². The largest absolute Gasteiger partial charge is 0.497 e. The second-order valence-electron chi connectivity index (χ2n) is 3.90. The smallest absolute Gasteiger partial charge is 0.129 e. The molecule has 0 aliphatic carbocycles. The number of aromatic nitrogens is 1. The second-order valence-corrected chi connectivity index (χ2v) is 3.90. The van der Waals surface area contributed by atoms with E-state index >= 15 is 0 Å². The molecule has 0 N–H and O–H groups in total. The Hall–Kier alpha value is -1.77. The van der Waals surface area contributed by atoms with Crippen molar-refractivity contribution < 1.29 is 4.74 Å². The van der Waals surface area contributed by atoms with Crippen LogP contribution in [-0.2, 0) is 0 Å². The van der Waals surface area contributed by atoms with E-state index in [0.29, 0.717) is 0 Å². The Morgan fingerprint density at radius 3 is 2.53 bits per heavy atom.